The van der Waals surface area contributed by atoms with Crippen molar-refractivity contribution in [2.75, 3.05) is 19.8 Å². The molecule has 6 nitrogen and oxygen atoms in total. The van der Waals surface area contributed by atoms with Gasteiger partial charge in [-0.3, -0.25) is 14.4 Å². The normalized spacial score (nSPS) is 11.5. The van der Waals surface area contributed by atoms with Crippen LogP contribution >= 0.6 is 0 Å². The van der Waals surface area contributed by atoms with Crippen molar-refractivity contribution in [2.24, 2.45) is 11.8 Å². The Balaban J connectivity index is 3.17. The second-order valence-corrected chi connectivity index (χ2v) is 5.51. The Morgan fingerprint density at radius 1 is 0.846 bits per heavy atom. The van der Waals surface area contributed by atoms with Crippen LogP contribution in [0.1, 0.15) is 32.8 Å². The Morgan fingerprint density at radius 3 is 1.77 bits per heavy atom. The smallest absolute Gasteiger partial charge is 0.321 e. The fourth-order valence-corrected chi connectivity index (χ4v) is 2.53. The van der Waals surface area contributed by atoms with E-state index in [9.17, 15) is 14.4 Å². The predicted octanol–water partition coefficient (Wildman–Crippen LogP) is 3.01. The maximum Gasteiger partial charge on any atom is 0.321 e. The first-order valence-corrected chi connectivity index (χ1v) is 8.69. The molecule has 0 saturated heterocycles. The fraction of sp³-hybridized carbons (Fsp3) is 0.450. The Kier molecular flexibility index (Phi) is 9.12. The van der Waals surface area contributed by atoms with E-state index in [2.05, 4.69) is 6.58 Å². The number of hydrogen-bond acceptors (Lipinski definition) is 6. The van der Waals surface area contributed by atoms with Crippen molar-refractivity contribution in [3.8, 4) is 0 Å². The molecule has 0 aliphatic rings. The minimum Gasteiger partial charge on any atom is -0.466 e. The number of rotatable bonds is 10. The molecule has 0 saturated carbocycles. The first kappa shape index (κ1) is 21.4. The molecule has 0 amide bonds. The second-order valence-electron chi connectivity index (χ2n) is 5.51. The van der Waals surface area contributed by atoms with Crippen LogP contribution in [-0.4, -0.2) is 37.7 Å². The van der Waals surface area contributed by atoms with E-state index in [1.54, 1.807) is 20.8 Å². The van der Waals surface area contributed by atoms with Crippen molar-refractivity contribution in [3.05, 3.63) is 42.5 Å². The van der Waals surface area contributed by atoms with Gasteiger partial charge < -0.3 is 14.2 Å². The SMILES string of the molecule is C=C(CC(C(=O)OCC)C(C(=O)OCC)C(=O)OCC)c1ccccc1. The lowest BCUT2D eigenvalue weighted by Gasteiger charge is -2.23. The van der Waals surface area contributed by atoms with Gasteiger partial charge in [-0.1, -0.05) is 36.9 Å². The molecule has 26 heavy (non-hydrogen) atoms. The molecule has 1 rings (SSSR count). The number of ether oxygens (including phenoxy) is 3. The minimum absolute atomic E-state index is 0.0745. The molecule has 1 atom stereocenters. The lowest BCUT2D eigenvalue weighted by Crippen LogP contribution is -2.39. The van der Waals surface area contributed by atoms with E-state index in [1.807, 2.05) is 30.3 Å². The van der Waals surface area contributed by atoms with Crippen LogP contribution in [0, 0.1) is 11.8 Å². The summed E-state index contributed by atoms with van der Waals surface area (Å²) < 4.78 is 15.1. The summed E-state index contributed by atoms with van der Waals surface area (Å²) in [6.07, 6.45) is 0.0745. The molecule has 0 spiro atoms. The highest BCUT2D eigenvalue weighted by atomic mass is 16.6. The fourth-order valence-electron chi connectivity index (χ4n) is 2.53. The average Bonchev–Trinajstić information content (AvgIpc) is 2.62. The molecule has 0 fully saturated rings. The van der Waals surface area contributed by atoms with Crippen LogP contribution in [0.25, 0.3) is 5.57 Å². The molecule has 0 N–H and O–H groups in total. The molecule has 1 aromatic rings. The van der Waals surface area contributed by atoms with Gasteiger partial charge >= 0.3 is 17.9 Å². The van der Waals surface area contributed by atoms with Gasteiger partial charge in [-0.2, -0.15) is 0 Å². The summed E-state index contributed by atoms with van der Waals surface area (Å²) in [5.74, 6) is -4.72. The summed E-state index contributed by atoms with van der Waals surface area (Å²) in [6, 6.07) is 9.23. The van der Waals surface area contributed by atoms with Gasteiger partial charge in [-0.05, 0) is 38.3 Å². The summed E-state index contributed by atoms with van der Waals surface area (Å²) >= 11 is 0. The van der Waals surface area contributed by atoms with Gasteiger partial charge in [0.05, 0.1) is 25.7 Å². The highest BCUT2D eigenvalue weighted by molar-refractivity contribution is 5.99. The van der Waals surface area contributed by atoms with E-state index in [0.717, 1.165) is 5.56 Å². The quantitative estimate of drug-likeness (QED) is 0.362. The molecule has 0 aliphatic heterocycles. The van der Waals surface area contributed by atoms with Crippen molar-refractivity contribution in [2.45, 2.75) is 27.2 Å². The maximum atomic E-state index is 12.5. The summed E-state index contributed by atoms with van der Waals surface area (Å²) in [6.45, 7) is 9.21. The van der Waals surface area contributed by atoms with Crippen molar-refractivity contribution in [1.29, 1.82) is 0 Å². The Labute approximate surface area is 154 Å². The third kappa shape index (κ3) is 6.02. The largest absolute Gasteiger partial charge is 0.466 e. The average molecular weight is 362 g/mol. The summed E-state index contributed by atoms with van der Waals surface area (Å²) in [4.78, 5) is 37.2. The zero-order chi connectivity index (χ0) is 19.5. The van der Waals surface area contributed by atoms with Crippen LogP contribution in [0.5, 0.6) is 0 Å². The molecule has 6 heteroatoms. The van der Waals surface area contributed by atoms with Crippen LogP contribution in [0.15, 0.2) is 36.9 Å². The number of hydrogen-bond donors (Lipinski definition) is 0. The van der Waals surface area contributed by atoms with Gasteiger partial charge in [0.2, 0.25) is 0 Å². The molecule has 142 valence electrons. The monoisotopic (exact) mass is 362 g/mol. The van der Waals surface area contributed by atoms with Crippen LogP contribution in [-0.2, 0) is 28.6 Å². The number of allylic oxidation sites excluding steroid dienone is 1. The third-order valence-electron chi connectivity index (χ3n) is 3.72. The Morgan fingerprint density at radius 2 is 1.31 bits per heavy atom. The molecule has 1 unspecified atom stereocenters. The van der Waals surface area contributed by atoms with Crippen molar-refractivity contribution < 1.29 is 28.6 Å². The highest BCUT2D eigenvalue weighted by Gasteiger charge is 2.42. The van der Waals surface area contributed by atoms with E-state index in [0.29, 0.717) is 5.57 Å². The van der Waals surface area contributed by atoms with Gasteiger partial charge in [-0.15, -0.1) is 0 Å². The number of carbonyl (C=O) groups is 3. The molecule has 1 aromatic carbocycles. The molecule has 0 bridgehead atoms. The second kappa shape index (κ2) is 11.1. The van der Waals surface area contributed by atoms with E-state index >= 15 is 0 Å². The highest BCUT2D eigenvalue weighted by Crippen LogP contribution is 2.29. The van der Waals surface area contributed by atoms with E-state index in [-0.39, 0.29) is 26.2 Å². The summed E-state index contributed by atoms with van der Waals surface area (Å²) in [7, 11) is 0. The number of benzene rings is 1. The molecule has 0 radical (unpaired) electrons. The van der Waals surface area contributed by atoms with Crippen LogP contribution in [0.2, 0.25) is 0 Å². The molecular weight excluding hydrogens is 336 g/mol. The van der Waals surface area contributed by atoms with Crippen molar-refractivity contribution >= 4 is 23.5 Å². The lowest BCUT2D eigenvalue weighted by atomic mass is 9.85. The van der Waals surface area contributed by atoms with E-state index < -0.39 is 29.7 Å². The van der Waals surface area contributed by atoms with Gasteiger partial charge in [0, 0.05) is 0 Å². The van der Waals surface area contributed by atoms with Gasteiger partial charge in [0.25, 0.3) is 0 Å². The summed E-state index contributed by atoms with van der Waals surface area (Å²) in [5, 5.41) is 0. The van der Waals surface area contributed by atoms with Crippen molar-refractivity contribution in [1.82, 2.24) is 0 Å². The number of esters is 3. The van der Waals surface area contributed by atoms with Crippen molar-refractivity contribution in [3.63, 3.8) is 0 Å². The first-order valence-electron chi connectivity index (χ1n) is 8.69. The predicted molar refractivity (Wildman–Crippen MR) is 97.0 cm³/mol. The van der Waals surface area contributed by atoms with Crippen LogP contribution < -0.4 is 0 Å². The van der Waals surface area contributed by atoms with Gasteiger partial charge in [0.15, 0.2) is 5.92 Å². The minimum atomic E-state index is -1.39. The van der Waals surface area contributed by atoms with Gasteiger partial charge in [0.1, 0.15) is 0 Å². The van der Waals surface area contributed by atoms with Crippen LogP contribution in [0.3, 0.4) is 0 Å². The third-order valence-corrected chi connectivity index (χ3v) is 3.72. The molecule has 0 aliphatic carbocycles. The van der Waals surface area contributed by atoms with E-state index in [1.165, 1.54) is 0 Å². The molecule has 0 aromatic heterocycles. The van der Waals surface area contributed by atoms with E-state index in [4.69, 9.17) is 14.2 Å². The summed E-state index contributed by atoms with van der Waals surface area (Å²) in [5.41, 5.74) is 1.43. The zero-order valence-electron chi connectivity index (χ0n) is 15.5. The molecule has 0 heterocycles. The first-order chi connectivity index (χ1) is 12.5. The maximum absolute atomic E-state index is 12.5. The standard InChI is InChI=1S/C20H26O6/c1-5-24-18(21)16(13-14(4)15-11-9-8-10-12-15)17(19(22)25-6-2)20(23)26-7-3/h8-12,16-17H,4-7,13H2,1-3H3. The number of carbonyl (C=O) groups excluding carboxylic acids is 3. The van der Waals surface area contributed by atoms with Crippen LogP contribution in [0.4, 0.5) is 0 Å². The zero-order valence-corrected chi connectivity index (χ0v) is 15.5. The van der Waals surface area contributed by atoms with Gasteiger partial charge in [-0.25, -0.2) is 0 Å². The topological polar surface area (TPSA) is 78.9 Å². The Hall–Kier alpha value is -2.63. The Bertz CT molecular complexity index is 604. The lowest BCUT2D eigenvalue weighted by molar-refractivity contribution is -0.171. The molecular formula is C20H26O6.